The molecule has 9 nitrogen and oxygen atoms in total. The summed E-state index contributed by atoms with van der Waals surface area (Å²) in [6.07, 6.45) is -0.373. The molecule has 30 heavy (non-hydrogen) atoms. The molecule has 0 spiro atoms. The first-order chi connectivity index (χ1) is 14.4. The van der Waals surface area contributed by atoms with Crippen LogP contribution in [0.1, 0.15) is 24.3 Å². The predicted octanol–water partition coefficient (Wildman–Crippen LogP) is 1.66. The average Bonchev–Trinajstić information content (AvgIpc) is 2.77. The molecule has 0 aliphatic carbocycles. The Hall–Kier alpha value is -3.36. The molecule has 0 saturated carbocycles. The van der Waals surface area contributed by atoms with Gasteiger partial charge in [0.25, 0.3) is 5.91 Å². The third kappa shape index (κ3) is 4.61. The van der Waals surface area contributed by atoms with Gasteiger partial charge < -0.3 is 24.6 Å². The molecule has 0 radical (unpaired) electrons. The lowest BCUT2D eigenvalue weighted by Gasteiger charge is -2.35. The quantitative estimate of drug-likeness (QED) is 0.799. The van der Waals surface area contributed by atoms with Crippen molar-refractivity contribution in [1.82, 2.24) is 20.1 Å². The normalized spacial score (nSPS) is 14.9. The van der Waals surface area contributed by atoms with Gasteiger partial charge in [-0.25, -0.2) is 9.78 Å². The summed E-state index contributed by atoms with van der Waals surface area (Å²) in [6, 6.07) is 8.20. The van der Waals surface area contributed by atoms with Crippen molar-refractivity contribution in [2.24, 2.45) is 0 Å². The lowest BCUT2D eigenvalue weighted by atomic mass is 10.1. The molecule has 3 rings (SSSR count). The second kappa shape index (κ2) is 9.43. The predicted molar refractivity (Wildman–Crippen MR) is 110 cm³/mol. The molecule has 0 unspecified atom stereocenters. The standard InChI is InChI=1S/C21H26N4O5/c1-4-30-21(28)25-11-9-24(10-12-25)20(27)14(2)22-19(26)17-13-18(29-3)15-7-5-6-8-16(15)23-17/h5-8,13-14H,4,9-12H2,1-3H3,(H,22,26)/t14-/m0/s1. The summed E-state index contributed by atoms with van der Waals surface area (Å²) >= 11 is 0. The topological polar surface area (TPSA) is 101 Å². The fraction of sp³-hybridized carbons (Fsp3) is 0.429. The molecule has 1 N–H and O–H groups in total. The molecule has 2 heterocycles. The number of ether oxygens (including phenoxy) is 2. The second-order valence-corrected chi connectivity index (χ2v) is 6.93. The van der Waals surface area contributed by atoms with Crippen LogP contribution in [0.2, 0.25) is 0 Å². The number of para-hydroxylation sites is 1. The van der Waals surface area contributed by atoms with Crippen molar-refractivity contribution < 1.29 is 23.9 Å². The van der Waals surface area contributed by atoms with Gasteiger partial charge in [-0.1, -0.05) is 12.1 Å². The maximum absolute atomic E-state index is 12.7. The van der Waals surface area contributed by atoms with Crippen molar-refractivity contribution in [1.29, 1.82) is 0 Å². The molecule has 9 heteroatoms. The first kappa shape index (κ1) is 21.4. The number of benzene rings is 1. The molecule has 160 valence electrons. The molecular formula is C21H26N4O5. The van der Waals surface area contributed by atoms with Crippen LogP contribution >= 0.6 is 0 Å². The molecule has 1 atom stereocenters. The third-order valence-electron chi connectivity index (χ3n) is 4.97. The van der Waals surface area contributed by atoms with Crippen LogP contribution in [0.25, 0.3) is 10.9 Å². The largest absolute Gasteiger partial charge is 0.496 e. The van der Waals surface area contributed by atoms with E-state index in [1.165, 1.54) is 7.11 Å². The van der Waals surface area contributed by atoms with Crippen LogP contribution in [0.5, 0.6) is 5.75 Å². The van der Waals surface area contributed by atoms with Gasteiger partial charge in [0.05, 0.1) is 19.2 Å². The van der Waals surface area contributed by atoms with E-state index in [0.717, 1.165) is 5.39 Å². The molecule has 1 aliphatic heterocycles. The van der Waals surface area contributed by atoms with Crippen molar-refractivity contribution in [2.75, 3.05) is 39.9 Å². The number of fused-ring (bicyclic) bond motifs is 1. The molecular weight excluding hydrogens is 388 g/mol. The Bertz CT molecular complexity index is 940. The first-order valence-corrected chi connectivity index (χ1v) is 9.89. The van der Waals surface area contributed by atoms with E-state index in [0.29, 0.717) is 44.1 Å². The number of piperazine rings is 1. The van der Waals surface area contributed by atoms with Crippen LogP contribution in [0.4, 0.5) is 4.79 Å². The van der Waals surface area contributed by atoms with Crippen LogP contribution < -0.4 is 10.1 Å². The van der Waals surface area contributed by atoms with Gasteiger partial charge in [0.15, 0.2) is 0 Å². The number of aromatic nitrogens is 1. The summed E-state index contributed by atoms with van der Waals surface area (Å²) < 4.78 is 10.4. The fourth-order valence-electron chi connectivity index (χ4n) is 3.36. The number of carbonyl (C=O) groups is 3. The molecule has 1 aromatic carbocycles. The lowest BCUT2D eigenvalue weighted by molar-refractivity contribution is -0.134. The van der Waals surface area contributed by atoms with E-state index in [9.17, 15) is 14.4 Å². The van der Waals surface area contributed by atoms with Crippen molar-refractivity contribution in [3.8, 4) is 5.75 Å². The number of hydrogen-bond donors (Lipinski definition) is 1. The highest BCUT2D eigenvalue weighted by Crippen LogP contribution is 2.25. The van der Waals surface area contributed by atoms with Gasteiger partial charge >= 0.3 is 6.09 Å². The number of rotatable bonds is 5. The van der Waals surface area contributed by atoms with Gasteiger partial charge in [-0.2, -0.15) is 0 Å². The minimum absolute atomic E-state index is 0.178. The zero-order valence-electron chi connectivity index (χ0n) is 17.4. The van der Waals surface area contributed by atoms with E-state index in [4.69, 9.17) is 9.47 Å². The van der Waals surface area contributed by atoms with E-state index in [1.807, 2.05) is 18.2 Å². The molecule has 0 bridgehead atoms. The number of hydrogen-bond acceptors (Lipinski definition) is 6. The summed E-state index contributed by atoms with van der Waals surface area (Å²) in [5, 5.41) is 3.52. The van der Waals surface area contributed by atoms with Crippen LogP contribution in [-0.2, 0) is 9.53 Å². The molecule has 3 amide bonds. The van der Waals surface area contributed by atoms with Crippen LogP contribution in [0.3, 0.4) is 0 Å². The van der Waals surface area contributed by atoms with E-state index >= 15 is 0 Å². The number of methoxy groups -OCH3 is 1. The highest BCUT2D eigenvalue weighted by molar-refractivity contribution is 5.99. The average molecular weight is 414 g/mol. The van der Waals surface area contributed by atoms with E-state index in [1.54, 1.807) is 35.8 Å². The summed E-state index contributed by atoms with van der Waals surface area (Å²) in [5.74, 6) is -0.121. The Morgan fingerprint density at radius 3 is 2.47 bits per heavy atom. The molecule has 1 aromatic heterocycles. The van der Waals surface area contributed by atoms with Crippen LogP contribution in [0, 0.1) is 0 Å². The molecule has 1 aliphatic rings. The Morgan fingerprint density at radius 2 is 1.80 bits per heavy atom. The van der Waals surface area contributed by atoms with E-state index in [-0.39, 0.29) is 17.7 Å². The number of nitrogens with one attached hydrogen (secondary N) is 1. The summed E-state index contributed by atoms with van der Waals surface area (Å²) in [6.45, 7) is 5.27. The highest BCUT2D eigenvalue weighted by Gasteiger charge is 2.28. The molecule has 2 aromatic rings. The van der Waals surface area contributed by atoms with Gasteiger partial charge in [0, 0.05) is 37.6 Å². The van der Waals surface area contributed by atoms with Crippen molar-refractivity contribution in [3.05, 3.63) is 36.0 Å². The summed E-state index contributed by atoms with van der Waals surface area (Å²) in [4.78, 5) is 44.8. The monoisotopic (exact) mass is 414 g/mol. The Morgan fingerprint density at radius 1 is 1.13 bits per heavy atom. The smallest absolute Gasteiger partial charge is 0.409 e. The van der Waals surface area contributed by atoms with Gasteiger partial charge in [0.1, 0.15) is 17.5 Å². The SMILES string of the molecule is CCOC(=O)N1CCN(C(=O)[C@H](C)NC(=O)c2cc(OC)c3ccccc3n2)CC1. The number of carbonyl (C=O) groups excluding carboxylic acids is 3. The van der Waals surface area contributed by atoms with Crippen molar-refractivity contribution in [3.63, 3.8) is 0 Å². The van der Waals surface area contributed by atoms with Crippen molar-refractivity contribution in [2.45, 2.75) is 19.9 Å². The van der Waals surface area contributed by atoms with E-state index in [2.05, 4.69) is 10.3 Å². The summed E-state index contributed by atoms with van der Waals surface area (Å²) in [7, 11) is 1.53. The second-order valence-electron chi connectivity index (χ2n) is 6.93. The number of nitrogens with zero attached hydrogens (tertiary/aromatic N) is 3. The van der Waals surface area contributed by atoms with E-state index < -0.39 is 11.9 Å². The molecule has 1 saturated heterocycles. The van der Waals surface area contributed by atoms with Gasteiger partial charge in [-0.15, -0.1) is 0 Å². The molecule has 1 fully saturated rings. The van der Waals surface area contributed by atoms with Crippen LogP contribution in [-0.4, -0.2) is 78.6 Å². The maximum Gasteiger partial charge on any atom is 0.409 e. The van der Waals surface area contributed by atoms with Crippen LogP contribution in [0.15, 0.2) is 30.3 Å². The number of pyridine rings is 1. The Kier molecular flexibility index (Phi) is 6.71. The van der Waals surface area contributed by atoms with Gasteiger partial charge in [0.2, 0.25) is 5.91 Å². The zero-order chi connectivity index (χ0) is 21.7. The summed E-state index contributed by atoms with van der Waals surface area (Å²) in [5.41, 5.74) is 0.813. The fourth-order valence-corrected chi connectivity index (χ4v) is 3.36. The zero-order valence-corrected chi connectivity index (χ0v) is 17.4. The minimum atomic E-state index is -0.731. The Balaban J connectivity index is 1.62. The lowest BCUT2D eigenvalue weighted by Crippen LogP contribution is -2.55. The Labute approximate surface area is 174 Å². The van der Waals surface area contributed by atoms with Gasteiger partial charge in [-0.05, 0) is 26.0 Å². The maximum atomic E-state index is 12.7. The first-order valence-electron chi connectivity index (χ1n) is 9.89. The number of amides is 3. The van der Waals surface area contributed by atoms with Gasteiger partial charge in [-0.3, -0.25) is 9.59 Å². The third-order valence-corrected chi connectivity index (χ3v) is 4.97. The minimum Gasteiger partial charge on any atom is -0.496 e. The highest BCUT2D eigenvalue weighted by atomic mass is 16.6. The van der Waals surface area contributed by atoms with Crippen molar-refractivity contribution >= 4 is 28.8 Å².